The number of rotatable bonds is 3. The molecule has 0 saturated heterocycles. The van der Waals surface area contributed by atoms with Crippen LogP contribution in [0.15, 0.2) is 45.8 Å². The van der Waals surface area contributed by atoms with E-state index >= 15 is 0 Å². The van der Waals surface area contributed by atoms with Gasteiger partial charge in [0, 0.05) is 27.1 Å². The third-order valence-corrected chi connectivity index (χ3v) is 5.51. The van der Waals surface area contributed by atoms with E-state index in [0.717, 1.165) is 22.0 Å². The van der Waals surface area contributed by atoms with Crippen LogP contribution >= 0.6 is 27.5 Å². The minimum atomic E-state index is -0.494. The summed E-state index contributed by atoms with van der Waals surface area (Å²) in [5.41, 5.74) is 2.21. The highest BCUT2D eigenvalue weighted by Crippen LogP contribution is 2.34. The summed E-state index contributed by atoms with van der Waals surface area (Å²) in [6, 6.07) is 8.89. The van der Waals surface area contributed by atoms with Crippen molar-refractivity contribution in [3.05, 3.63) is 67.4 Å². The van der Waals surface area contributed by atoms with Crippen LogP contribution in [0.25, 0.3) is 10.9 Å². The minimum absolute atomic E-state index is 0.0855. The maximum Gasteiger partial charge on any atom is 0.261 e. The van der Waals surface area contributed by atoms with E-state index in [9.17, 15) is 9.59 Å². The Morgan fingerprint density at radius 1 is 1.33 bits per heavy atom. The Labute approximate surface area is 169 Å². The largest absolute Gasteiger partial charge is 0.495 e. The summed E-state index contributed by atoms with van der Waals surface area (Å²) in [5.74, 6) is -0.0246. The number of nitrogens with zero attached hydrogens (tertiary/aromatic N) is 1. The standard InChI is InChI=1S/C20H16BrClN2O3/c1-10-5-11-6-12(21)7-14-18(11)24(10)9-15(19(14)25)20(26)23-16-8-13(22)3-4-17(16)27-2/h3-4,6-10H,5H2,1-2H3,(H,23,26)/t10-/m0/s1. The predicted molar refractivity (Wildman–Crippen MR) is 110 cm³/mol. The van der Waals surface area contributed by atoms with E-state index in [-0.39, 0.29) is 17.0 Å². The van der Waals surface area contributed by atoms with Gasteiger partial charge in [-0.05, 0) is 49.2 Å². The molecule has 1 amide bonds. The SMILES string of the molecule is COc1ccc(Cl)cc1NC(=O)c1cn2c3c(cc(Br)cc3c1=O)C[C@@H]2C. The first-order valence-corrected chi connectivity index (χ1v) is 9.58. The number of carbonyl (C=O) groups excluding carboxylic acids is 1. The van der Waals surface area contributed by atoms with E-state index < -0.39 is 5.91 Å². The van der Waals surface area contributed by atoms with Crippen LogP contribution in [0.4, 0.5) is 5.69 Å². The Bertz CT molecular complexity index is 1160. The number of amides is 1. The van der Waals surface area contributed by atoms with Crippen molar-refractivity contribution in [2.24, 2.45) is 0 Å². The number of aromatic nitrogens is 1. The van der Waals surface area contributed by atoms with E-state index in [0.29, 0.717) is 21.8 Å². The van der Waals surface area contributed by atoms with Crippen LogP contribution in [0.2, 0.25) is 5.02 Å². The molecule has 1 atom stereocenters. The van der Waals surface area contributed by atoms with Crippen LogP contribution in [0, 0.1) is 0 Å². The summed E-state index contributed by atoms with van der Waals surface area (Å²) < 4.78 is 8.09. The van der Waals surface area contributed by atoms with Crippen LogP contribution < -0.4 is 15.5 Å². The van der Waals surface area contributed by atoms with Crippen molar-refractivity contribution in [3.63, 3.8) is 0 Å². The summed E-state index contributed by atoms with van der Waals surface area (Å²) in [7, 11) is 1.51. The first-order valence-electron chi connectivity index (χ1n) is 8.41. The Kier molecular flexibility index (Phi) is 4.48. The molecule has 5 nitrogen and oxygen atoms in total. The van der Waals surface area contributed by atoms with Crippen LogP contribution in [0.1, 0.15) is 28.9 Å². The Morgan fingerprint density at radius 2 is 2.11 bits per heavy atom. The quantitative estimate of drug-likeness (QED) is 0.628. The van der Waals surface area contributed by atoms with E-state index in [1.54, 1.807) is 30.5 Å². The summed E-state index contributed by atoms with van der Waals surface area (Å²) in [5, 5.41) is 3.75. The molecule has 0 aliphatic carbocycles. The van der Waals surface area contributed by atoms with Crippen LogP contribution in [-0.4, -0.2) is 17.6 Å². The van der Waals surface area contributed by atoms with E-state index in [4.69, 9.17) is 16.3 Å². The Morgan fingerprint density at radius 3 is 2.85 bits per heavy atom. The molecule has 1 aliphatic rings. The molecule has 0 unspecified atom stereocenters. The summed E-state index contributed by atoms with van der Waals surface area (Å²) in [6.07, 6.45) is 2.47. The molecule has 4 rings (SSSR count). The first-order chi connectivity index (χ1) is 12.9. The second-order valence-corrected chi connectivity index (χ2v) is 7.94. The monoisotopic (exact) mass is 446 g/mol. The molecule has 7 heteroatoms. The lowest BCUT2D eigenvalue weighted by Gasteiger charge is -2.14. The maximum absolute atomic E-state index is 13.0. The van der Waals surface area contributed by atoms with Crippen molar-refractivity contribution in [2.75, 3.05) is 12.4 Å². The number of benzene rings is 2. The third-order valence-electron chi connectivity index (χ3n) is 4.81. The number of ether oxygens (including phenoxy) is 1. The fourth-order valence-corrected chi connectivity index (χ4v) is 4.27. The molecule has 2 aromatic carbocycles. The topological polar surface area (TPSA) is 60.3 Å². The molecule has 138 valence electrons. The molecule has 0 radical (unpaired) electrons. The number of hydrogen-bond acceptors (Lipinski definition) is 3. The molecule has 0 saturated carbocycles. The zero-order chi connectivity index (χ0) is 19.3. The highest BCUT2D eigenvalue weighted by atomic mass is 79.9. The lowest BCUT2D eigenvalue weighted by atomic mass is 10.1. The normalized spacial score (nSPS) is 15.2. The lowest BCUT2D eigenvalue weighted by molar-refractivity contribution is 0.102. The second-order valence-electron chi connectivity index (χ2n) is 6.59. The van der Waals surface area contributed by atoms with Crippen molar-refractivity contribution < 1.29 is 9.53 Å². The molecule has 0 bridgehead atoms. The van der Waals surface area contributed by atoms with Gasteiger partial charge in [0.05, 0.1) is 18.3 Å². The average Bonchev–Trinajstić information content (AvgIpc) is 2.93. The molecule has 1 aromatic heterocycles. The van der Waals surface area contributed by atoms with Gasteiger partial charge in [-0.1, -0.05) is 27.5 Å². The maximum atomic E-state index is 13.0. The number of pyridine rings is 1. The van der Waals surface area contributed by atoms with Gasteiger partial charge in [0.25, 0.3) is 5.91 Å². The highest BCUT2D eigenvalue weighted by Gasteiger charge is 2.25. The molecular formula is C20H16BrClN2O3. The van der Waals surface area contributed by atoms with Crippen molar-refractivity contribution in [1.82, 2.24) is 4.57 Å². The van der Waals surface area contributed by atoms with Crippen LogP contribution in [0.3, 0.4) is 0 Å². The third kappa shape index (κ3) is 3.03. The van der Waals surface area contributed by atoms with E-state index in [1.807, 2.05) is 10.6 Å². The zero-order valence-corrected chi connectivity index (χ0v) is 17.0. The van der Waals surface area contributed by atoms with Gasteiger partial charge < -0.3 is 14.6 Å². The average molecular weight is 448 g/mol. The predicted octanol–water partition coefficient (Wildman–Crippen LogP) is 4.80. The fourth-order valence-electron chi connectivity index (χ4n) is 3.59. The second kappa shape index (κ2) is 6.69. The van der Waals surface area contributed by atoms with Gasteiger partial charge in [-0.25, -0.2) is 0 Å². The van der Waals surface area contributed by atoms with E-state index in [1.165, 1.54) is 7.11 Å². The van der Waals surface area contributed by atoms with Crippen molar-refractivity contribution in [3.8, 4) is 5.75 Å². The summed E-state index contributed by atoms with van der Waals surface area (Å²) in [4.78, 5) is 25.9. The molecule has 1 aliphatic heterocycles. The molecule has 1 N–H and O–H groups in total. The van der Waals surface area contributed by atoms with Crippen LogP contribution in [-0.2, 0) is 6.42 Å². The lowest BCUT2D eigenvalue weighted by Crippen LogP contribution is -2.24. The molecule has 0 spiro atoms. The van der Waals surface area contributed by atoms with E-state index in [2.05, 4.69) is 28.2 Å². The fraction of sp³-hybridized carbons (Fsp3) is 0.200. The van der Waals surface area contributed by atoms with Gasteiger partial charge in [0.1, 0.15) is 11.3 Å². The number of anilines is 1. The van der Waals surface area contributed by atoms with Gasteiger partial charge >= 0.3 is 0 Å². The summed E-state index contributed by atoms with van der Waals surface area (Å²) >= 11 is 9.49. The van der Waals surface area contributed by atoms with Crippen molar-refractivity contribution >= 4 is 50.0 Å². The summed E-state index contributed by atoms with van der Waals surface area (Å²) in [6.45, 7) is 2.07. The minimum Gasteiger partial charge on any atom is -0.495 e. The van der Waals surface area contributed by atoms with Crippen LogP contribution in [0.5, 0.6) is 5.75 Å². The van der Waals surface area contributed by atoms with Gasteiger partial charge in [-0.3, -0.25) is 9.59 Å². The molecule has 3 aromatic rings. The number of halogens is 2. The molecule has 0 fully saturated rings. The Balaban J connectivity index is 1.84. The number of hydrogen-bond donors (Lipinski definition) is 1. The zero-order valence-electron chi connectivity index (χ0n) is 14.7. The van der Waals surface area contributed by atoms with Gasteiger partial charge in [0.2, 0.25) is 5.43 Å². The van der Waals surface area contributed by atoms with Gasteiger partial charge in [-0.2, -0.15) is 0 Å². The number of methoxy groups -OCH3 is 1. The number of nitrogens with one attached hydrogen (secondary N) is 1. The molecule has 27 heavy (non-hydrogen) atoms. The molecular weight excluding hydrogens is 432 g/mol. The van der Waals surface area contributed by atoms with Crippen molar-refractivity contribution in [1.29, 1.82) is 0 Å². The first kappa shape index (κ1) is 18.1. The highest BCUT2D eigenvalue weighted by molar-refractivity contribution is 9.10. The Hall–Kier alpha value is -2.31. The van der Waals surface area contributed by atoms with Gasteiger partial charge in [0.15, 0.2) is 0 Å². The molecule has 2 heterocycles. The van der Waals surface area contributed by atoms with Crippen molar-refractivity contribution in [2.45, 2.75) is 19.4 Å². The smallest absolute Gasteiger partial charge is 0.261 e. The van der Waals surface area contributed by atoms with Gasteiger partial charge in [-0.15, -0.1) is 0 Å². The number of carbonyl (C=O) groups is 1.